The van der Waals surface area contributed by atoms with Gasteiger partial charge in [0, 0.05) is 44.4 Å². The minimum Gasteiger partial charge on any atom is -0.393 e. The second-order valence-corrected chi connectivity index (χ2v) is 10.5. The summed E-state index contributed by atoms with van der Waals surface area (Å²) in [6.45, 7) is -0.143. The van der Waals surface area contributed by atoms with Gasteiger partial charge in [0.2, 0.25) is 5.91 Å². The maximum atomic E-state index is 14.5. The molecular formula is C22H36F5N7O2. The lowest BCUT2D eigenvalue weighted by Crippen LogP contribution is -2.53. The van der Waals surface area contributed by atoms with Gasteiger partial charge in [-0.15, -0.1) is 0 Å². The highest BCUT2D eigenvalue weighted by molar-refractivity contribution is 5.98. The average molecular weight is 526 g/mol. The molecule has 36 heavy (non-hydrogen) atoms. The van der Waals surface area contributed by atoms with E-state index in [1.165, 1.54) is 12.1 Å². The summed E-state index contributed by atoms with van der Waals surface area (Å²) in [6, 6.07) is -2.62. The number of hydrogen-bond donors (Lipinski definition) is 6. The van der Waals surface area contributed by atoms with Gasteiger partial charge >= 0.3 is 6.18 Å². The Balaban J connectivity index is 1.45. The van der Waals surface area contributed by atoms with Crippen LogP contribution in [0.5, 0.6) is 0 Å². The Hall–Kier alpha value is -1.61. The Morgan fingerprint density at radius 3 is 2.56 bits per heavy atom. The molecule has 0 aromatic carbocycles. The fourth-order valence-electron chi connectivity index (χ4n) is 5.74. The summed E-state index contributed by atoms with van der Waals surface area (Å²) in [5.74, 6) is -2.58. The second-order valence-electron chi connectivity index (χ2n) is 10.5. The van der Waals surface area contributed by atoms with Crippen LogP contribution in [0.2, 0.25) is 0 Å². The predicted molar refractivity (Wildman–Crippen MR) is 122 cm³/mol. The normalized spacial score (nSPS) is 40.9. The van der Waals surface area contributed by atoms with Crippen molar-refractivity contribution >= 4 is 11.9 Å². The van der Waals surface area contributed by atoms with E-state index in [4.69, 9.17) is 0 Å². The van der Waals surface area contributed by atoms with Gasteiger partial charge in [0.25, 0.3) is 0 Å². The van der Waals surface area contributed by atoms with Gasteiger partial charge in [-0.1, -0.05) is 0 Å². The Bertz CT molecular complexity index is 803. The first-order valence-corrected chi connectivity index (χ1v) is 12.7. The van der Waals surface area contributed by atoms with Crippen LogP contribution >= 0.6 is 0 Å². The number of carbonyl (C=O) groups excluding carboxylic acids is 1. The van der Waals surface area contributed by atoms with Gasteiger partial charge in [-0.05, 0) is 38.5 Å². The van der Waals surface area contributed by atoms with Crippen LogP contribution in [0.15, 0.2) is 4.99 Å². The van der Waals surface area contributed by atoms with Crippen molar-refractivity contribution in [2.75, 3.05) is 13.6 Å². The van der Waals surface area contributed by atoms with E-state index in [2.05, 4.69) is 31.9 Å². The summed E-state index contributed by atoms with van der Waals surface area (Å²) in [6.07, 6.45) is -4.59. The third kappa shape index (κ3) is 6.82. The predicted octanol–water partition coefficient (Wildman–Crippen LogP) is 1.02. The Labute approximate surface area is 207 Å². The third-order valence-corrected chi connectivity index (χ3v) is 7.62. The van der Waals surface area contributed by atoms with E-state index in [0.29, 0.717) is 38.5 Å². The smallest absolute Gasteiger partial charge is 0.393 e. The Kier molecular flexibility index (Phi) is 8.70. The molecule has 0 spiro atoms. The zero-order valence-corrected chi connectivity index (χ0v) is 20.2. The van der Waals surface area contributed by atoms with Crippen molar-refractivity contribution in [1.82, 2.24) is 31.9 Å². The first-order chi connectivity index (χ1) is 17.0. The van der Waals surface area contributed by atoms with Crippen molar-refractivity contribution in [2.24, 2.45) is 16.8 Å². The second kappa shape index (κ2) is 11.4. The summed E-state index contributed by atoms with van der Waals surface area (Å²) in [4.78, 5) is 17.4. The molecule has 9 unspecified atom stereocenters. The SMILES string of the molecule is CN1CC(C(=O)N/C(=N\C2CC(C3CCC(O)CC3F)NN2)NC2CCCC(F)C2)C(C(F)(F)F)N1. The quantitative estimate of drug-likeness (QED) is 0.185. The number of guanidine groups is 1. The lowest BCUT2D eigenvalue weighted by atomic mass is 9.80. The zero-order chi connectivity index (χ0) is 26.0. The van der Waals surface area contributed by atoms with E-state index in [-0.39, 0.29) is 43.3 Å². The standard InChI is InChI=1S/C22H36F5N7O2/c1-34-10-15(19(33-34)22(25,26)27)20(36)30-21(28-12-4-2-3-11(23)7-12)29-18-9-17(31-32-18)14-6-5-13(35)8-16(14)24/h11-19,31-33,35H,2-10H2,1H3,(H2,28,29,30,36). The lowest BCUT2D eigenvalue weighted by molar-refractivity contribution is -0.168. The van der Waals surface area contributed by atoms with Crippen LogP contribution in [0.1, 0.15) is 51.4 Å². The highest BCUT2D eigenvalue weighted by Crippen LogP contribution is 2.33. The molecule has 2 aliphatic heterocycles. The highest BCUT2D eigenvalue weighted by atomic mass is 19.4. The monoisotopic (exact) mass is 525 g/mol. The summed E-state index contributed by atoms with van der Waals surface area (Å²) in [5.41, 5.74) is 8.27. The van der Waals surface area contributed by atoms with Crippen molar-refractivity contribution in [3.8, 4) is 0 Å². The molecular weight excluding hydrogens is 489 g/mol. The van der Waals surface area contributed by atoms with E-state index in [1.807, 2.05) is 0 Å². The van der Waals surface area contributed by atoms with Crippen LogP contribution in [-0.4, -0.2) is 84.5 Å². The molecule has 9 nitrogen and oxygen atoms in total. The molecule has 0 aromatic heterocycles. The third-order valence-electron chi connectivity index (χ3n) is 7.62. The number of aliphatic hydroxyl groups is 1. The maximum Gasteiger partial charge on any atom is 0.405 e. The Morgan fingerprint density at radius 2 is 1.86 bits per heavy atom. The first kappa shape index (κ1) is 27.4. The van der Waals surface area contributed by atoms with Gasteiger partial charge in [-0.3, -0.25) is 15.5 Å². The van der Waals surface area contributed by atoms with Gasteiger partial charge in [-0.25, -0.2) is 29.6 Å². The minimum atomic E-state index is -4.62. The number of halogens is 5. The van der Waals surface area contributed by atoms with Crippen molar-refractivity contribution < 1.29 is 31.9 Å². The van der Waals surface area contributed by atoms with Gasteiger partial charge in [0.1, 0.15) is 24.6 Å². The molecule has 4 fully saturated rings. The average Bonchev–Trinajstić information content (AvgIpc) is 3.40. The maximum absolute atomic E-state index is 14.5. The lowest BCUT2D eigenvalue weighted by Gasteiger charge is -2.32. The van der Waals surface area contributed by atoms with Crippen LogP contribution < -0.4 is 26.9 Å². The zero-order valence-electron chi connectivity index (χ0n) is 20.2. The number of nitrogens with one attached hydrogen (secondary N) is 5. The number of hydrazine groups is 2. The molecule has 2 heterocycles. The molecule has 206 valence electrons. The number of hydrogen-bond acceptors (Lipinski definition) is 7. The summed E-state index contributed by atoms with van der Waals surface area (Å²) in [7, 11) is 1.43. The molecule has 2 saturated carbocycles. The highest BCUT2D eigenvalue weighted by Gasteiger charge is 2.52. The number of aliphatic hydroxyl groups excluding tert-OH is 1. The molecule has 14 heteroatoms. The fourth-order valence-corrected chi connectivity index (χ4v) is 5.74. The van der Waals surface area contributed by atoms with Crippen molar-refractivity contribution in [3.05, 3.63) is 0 Å². The minimum absolute atomic E-state index is 0.0228. The van der Waals surface area contributed by atoms with Crippen molar-refractivity contribution in [2.45, 2.75) is 100 Å². The number of carbonyl (C=O) groups is 1. The molecule has 0 radical (unpaired) electrons. The molecule has 0 aromatic rings. The summed E-state index contributed by atoms with van der Waals surface area (Å²) >= 11 is 0. The van der Waals surface area contributed by atoms with Crippen LogP contribution in [-0.2, 0) is 4.79 Å². The molecule has 4 aliphatic rings. The first-order valence-electron chi connectivity index (χ1n) is 12.7. The number of alkyl halides is 5. The van der Waals surface area contributed by atoms with Crippen molar-refractivity contribution in [1.29, 1.82) is 0 Å². The van der Waals surface area contributed by atoms with Crippen LogP contribution in [0.25, 0.3) is 0 Å². The number of aliphatic imine (C=N–C) groups is 1. The molecule has 6 N–H and O–H groups in total. The topological polar surface area (TPSA) is 113 Å². The Morgan fingerprint density at radius 1 is 1.08 bits per heavy atom. The van der Waals surface area contributed by atoms with Crippen molar-refractivity contribution in [3.63, 3.8) is 0 Å². The number of amides is 1. The van der Waals surface area contributed by atoms with Crippen LogP contribution in [0.3, 0.4) is 0 Å². The van der Waals surface area contributed by atoms with Gasteiger partial charge in [-0.2, -0.15) is 13.2 Å². The van der Waals surface area contributed by atoms with Crippen LogP contribution in [0, 0.1) is 11.8 Å². The molecule has 4 rings (SSSR count). The molecule has 2 aliphatic carbocycles. The fraction of sp³-hybridized carbons (Fsp3) is 0.909. The number of nitrogens with zero attached hydrogens (tertiary/aromatic N) is 2. The van der Waals surface area contributed by atoms with E-state index in [9.17, 15) is 31.9 Å². The van der Waals surface area contributed by atoms with E-state index < -0.39 is 48.7 Å². The molecule has 9 atom stereocenters. The molecule has 1 amide bonds. The van der Waals surface area contributed by atoms with E-state index in [1.54, 1.807) is 0 Å². The van der Waals surface area contributed by atoms with E-state index >= 15 is 0 Å². The van der Waals surface area contributed by atoms with E-state index in [0.717, 1.165) is 0 Å². The van der Waals surface area contributed by atoms with Gasteiger partial charge in [0.15, 0.2) is 5.96 Å². The van der Waals surface area contributed by atoms with Gasteiger partial charge in [0.05, 0.1) is 12.0 Å². The van der Waals surface area contributed by atoms with Crippen LogP contribution in [0.4, 0.5) is 22.0 Å². The molecule has 0 bridgehead atoms. The largest absolute Gasteiger partial charge is 0.405 e. The molecule has 2 saturated heterocycles. The summed E-state index contributed by atoms with van der Waals surface area (Å²) < 4.78 is 68.9. The number of rotatable bonds is 4. The van der Waals surface area contributed by atoms with Gasteiger partial charge < -0.3 is 10.4 Å². The summed E-state index contributed by atoms with van der Waals surface area (Å²) in [5, 5.41) is 16.5.